The molecule has 0 aromatic heterocycles. The molecular formula is C11H13BrN2O. The predicted molar refractivity (Wildman–Crippen MR) is 64.7 cm³/mol. The lowest BCUT2D eigenvalue weighted by Gasteiger charge is -2.30. The number of nitrogens with two attached hydrogens (primary N) is 1. The van der Waals surface area contributed by atoms with Crippen LogP contribution in [0, 0.1) is 5.41 Å². The summed E-state index contributed by atoms with van der Waals surface area (Å²) >= 11 is 3.39. The maximum absolute atomic E-state index is 11.7. The maximum Gasteiger partial charge on any atom is 0.230 e. The Morgan fingerprint density at radius 1 is 1.47 bits per heavy atom. The van der Waals surface area contributed by atoms with Crippen molar-refractivity contribution in [3.8, 4) is 0 Å². The maximum atomic E-state index is 11.7. The number of carbonyl (C=O) groups is 1. The monoisotopic (exact) mass is 268 g/mol. The van der Waals surface area contributed by atoms with Crippen molar-refractivity contribution in [2.24, 2.45) is 5.41 Å². The van der Waals surface area contributed by atoms with Crippen molar-refractivity contribution in [2.45, 2.75) is 20.3 Å². The summed E-state index contributed by atoms with van der Waals surface area (Å²) in [6.45, 7) is 3.88. The van der Waals surface area contributed by atoms with Crippen LogP contribution in [0.4, 0.5) is 11.4 Å². The van der Waals surface area contributed by atoms with Crippen LogP contribution in [0.1, 0.15) is 19.4 Å². The van der Waals surface area contributed by atoms with E-state index in [1.807, 2.05) is 19.9 Å². The highest BCUT2D eigenvalue weighted by molar-refractivity contribution is 9.10. The zero-order chi connectivity index (χ0) is 11.2. The van der Waals surface area contributed by atoms with Crippen LogP contribution in [-0.4, -0.2) is 5.91 Å². The zero-order valence-corrected chi connectivity index (χ0v) is 10.3. The Hall–Kier alpha value is -1.03. The van der Waals surface area contributed by atoms with E-state index in [1.165, 1.54) is 0 Å². The molecule has 1 aromatic carbocycles. The minimum atomic E-state index is -0.345. The molecule has 2 rings (SSSR count). The fourth-order valence-electron chi connectivity index (χ4n) is 1.74. The van der Waals surface area contributed by atoms with Crippen molar-refractivity contribution >= 4 is 33.2 Å². The Bertz CT molecular complexity index is 440. The first-order valence-electron chi connectivity index (χ1n) is 4.79. The zero-order valence-electron chi connectivity index (χ0n) is 8.73. The molecule has 1 aliphatic heterocycles. The van der Waals surface area contributed by atoms with Gasteiger partial charge in [-0.3, -0.25) is 4.79 Å². The van der Waals surface area contributed by atoms with Crippen LogP contribution in [0.2, 0.25) is 0 Å². The van der Waals surface area contributed by atoms with Gasteiger partial charge < -0.3 is 11.1 Å². The van der Waals surface area contributed by atoms with Gasteiger partial charge in [-0.2, -0.15) is 0 Å². The SMILES string of the molecule is CC1(C)Cc2cc(Br)c(N)cc2NC1=O. The van der Waals surface area contributed by atoms with Crippen molar-refractivity contribution < 1.29 is 4.79 Å². The number of nitrogen functional groups attached to an aromatic ring is 1. The number of amides is 1. The van der Waals surface area contributed by atoms with Gasteiger partial charge in [0.2, 0.25) is 5.91 Å². The van der Waals surface area contributed by atoms with E-state index in [0.29, 0.717) is 5.69 Å². The first kappa shape index (κ1) is 10.5. The van der Waals surface area contributed by atoms with Gasteiger partial charge in [-0.15, -0.1) is 0 Å². The van der Waals surface area contributed by atoms with Crippen LogP contribution in [0.3, 0.4) is 0 Å². The van der Waals surface area contributed by atoms with E-state index in [9.17, 15) is 4.79 Å². The molecule has 4 heteroatoms. The minimum absolute atomic E-state index is 0.0525. The average Bonchev–Trinajstić information content (AvgIpc) is 2.11. The summed E-state index contributed by atoms with van der Waals surface area (Å²) in [4.78, 5) is 11.7. The Kier molecular flexibility index (Phi) is 2.26. The van der Waals surface area contributed by atoms with Gasteiger partial charge in [0.1, 0.15) is 0 Å². The number of nitrogens with one attached hydrogen (secondary N) is 1. The van der Waals surface area contributed by atoms with Crippen LogP contribution < -0.4 is 11.1 Å². The van der Waals surface area contributed by atoms with E-state index in [0.717, 1.165) is 22.1 Å². The van der Waals surface area contributed by atoms with Crippen LogP contribution in [0.25, 0.3) is 0 Å². The van der Waals surface area contributed by atoms with E-state index < -0.39 is 0 Å². The summed E-state index contributed by atoms with van der Waals surface area (Å²) in [6, 6.07) is 3.78. The molecule has 0 spiro atoms. The lowest BCUT2D eigenvalue weighted by molar-refractivity contribution is -0.124. The second-order valence-electron chi connectivity index (χ2n) is 4.55. The molecule has 0 saturated carbocycles. The molecule has 1 amide bonds. The van der Waals surface area contributed by atoms with Crippen molar-refractivity contribution in [3.63, 3.8) is 0 Å². The molecule has 3 nitrogen and oxygen atoms in total. The molecule has 1 heterocycles. The highest BCUT2D eigenvalue weighted by atomic mass is 79.9. The van der Waals surface area contributed by atoms with Gasteiger partial charge in [-0.1, -0.05) is 13.8 Å². The number of hydrogen-bond acceptors (Lipinski definition) is 2. The van der Waals surface area contributed by atoms with E-state index in [1.54, 1.807) is 6.07 Å². The highest BCUT2D eigenvalue weighted by Crippen LogP contribution is 2.36. The van der Waals surface area contributed by atoms with Gasteiger partial charge in [-0.05, 0) is 40.0 Å². The summed E-state index contributed by atoms with van der Waals surface area (Å²) in [7, 11) is 0. The standard InChI is InChI=1S/C11H13BrN2O/c1-11(2)5-6-3-7(12)8(13)4-9(6)14-10(11)15/h3-4H,5,13H2,1-2H3,(H,14,15). The van der Waals surface area contributed by atoms with Gasteiger partial charge in [0.05, 0.1) is 0 Å². The minimum Gasteiger partial charge on any atom is -0.398 e. The predicted octanol–water partition coefficient (Wildman–Crippen LogP) is 2.55. The number of rotatable bonds is 0. The number of fused-ring (bicyclic) bond motifs is 1. The normalized spacial score (nSPS) is 18.2. The van der Waals surface area contributed by atoms with Gasteiger partial charge in [0.25, 0.3) is 0 Å². The quantitative estimate of drug-likeness (QED) is 0.711. The molecule has 1 aromatic rings. The topological polar surface area (TPSA) is 55.1 Å². The number of hydrogen-bond donors (Lipinski definition) is 2. The molecule has 0 aliphatic carbocycles. The number of carbonyl (C=O) groups excluding carboxylic acids is 1. The summed E-state index contributed by atoms with van der Waals surface area (Å²) in [5.41, 5.74) is 8.02. The average molecular weight is 269 g/mol. The molecule has 0 saturated heterocycles. The van der Waals surface area contributed by atoms with E-state index in [-0.39, 0.29) is 11.3 Å². The lowest BCUT2D eigenvalue weighted by atomic mass is 9.81. The van der Waals surface area contributed by atoms with Crippen molar-refractivity contribution in [2.75, 3.05) is 11.1 Å². The van der Waals surface area contributed by atoms with Crippen molar-refractivity contribution in [1.29, 1.82) is 0 Å². The smallest absolute Gasteiger partial charge is 0.230 e. The third kappa shape index (κ3) is 1.74. The Balaban J connectivity index is 2.51. The second-order valence-corrected chi connectivity index (χ2v) is 5.40. The number of halogens is 1. The molecule has 0 radical (unpaired) electrons. The lowest BCUT2D eigenvalue weighted by Crippen LogP contribution is -2.37. The van der Waals surface area contributed by atoms with E-state index >= 15 is 0 Å². The third-order valence-electron chi connectivity index (χ3n) is 2.72. The molecule has 0 fully saturated rings. The van der Waals surface area contributed by atoms with Gasteiger partial charge in [0, 0.05) is 21.3 Å². The number of anilines is 2. The molecule has 80 valence electrons. The Labute approximate surface area is 97.2 Å². The first-order chi connectivity index (χ1) is 6.90. The fourth-order valence-corrected chi connectivity index (χ4v) is 2.13. The molecule has 0 unspecified atom stereocenters. The summed E-state index contributed by atoms with van der Waals surface area (Å²) < 4.78 is 0.883. The van der Waals surface area contributed by atoms with Crippen LogP contribution >= 0.6 is 15.9 Å². The molecule has 0 bridgehead atoms. The number of benzene rings is 1. The van der Waals surface area contributed by atoms with Gasteiger partial charge in [-0.25, -0.2) is 0 Å². The summed E-state index contributed by atoms with van der Waals surface area (Å²) in [6.07, 6.45) is 0.743. The molecule has 0 atom stereocenters. The second kappa shape index (κ2) is 3.23. The Morgan fingerprint density at radius 3 is 2.80 bits per heavy atom. The molecular weight excluding hydrogens is 256 g/mol. The molecule has 15 heavy (non-hydrogen) atoms. The summed E-state index contributed by atoms with van der Waals surface area (Å²) in [5.74, 6) is 0.0525. The van der Waals surface area contributed by atoms with Crippen molar-refractivity contribution in [3.05, 3.63) is 22.2 Å². The first-order valence-corrected chi connectivity index (χ1v) is 5.59. The van der Waals surface area contributed by atoms with Gasteiger partial charge >= 0.3 is 0 Å². The third-order valence-corrected chi connectivity index (χ3v) is 3.40. The van der Waals surface area contributed by atoms with Crippen LogP contribution in [0.15, 0.2) is 16.6 Å². The fraction of sp³-hybridized carbons (Fsp3) is 0.364. The van der Waals surface area contributed by atoms with E-state index in [4.69, 9.17) is 5.73 Å². The molecule has 3 N–H and O–H groups in total. The Morgan fingerprint density at radius 2 is 2.13 bits per heavy atom. The van der Waals surface area contributed by atoms with Gasteiger partial charge in [0.15, 0.2) is 0 Å². The molecule has 1 aliphatic rings. The van der Waals surface area contributed by atoms with E-state index in [2.05, 4.69) is 21.2 Å². The summed E-state index contributed by atoms with van der Waals surface area (Å²) in [5, 5.41) is 2.88. The van der Waals surface area contributed by atoms with Crippen molar-refractivity contribution in [1.82, 2.24) is 0 Å². The van der Waals surface area contributed by atoms with Crippen LogP contribution in [-0.2, 0) is 11.2 Å². The largest absolute Gasteiger partial charge is 0.398 e. The highest BCUT2D eigenvalue weighted by Gasteiger charge is 2.33. The van der Waals surface area contributed by atoms with Crippen LogP contribution in [0.5, 0.6) is 0 Å².